The maximum Gasteiger partial charge on any atom is 0.258 e. The number of carbonyl (C=O) groups is 1. The average Bonchev–Trinajstić information content (AvgIpc) is 3.25. The van der Waals surface area contributed by atoms with Gasteiger partial charge in [-0.3, -0.25) is 4.79 Å². The number of likely N-dealkylation sites (N-methyl/N-ethyl adjacent to an activating group) is 1. The van der Waals surface area contributed by atoms with Gasteiger partial charge in [0.05, 0.1) is 11.9 Å². The van der Waals surface area contributed by atoms with E-state index < -0.39 is 5.60 Å². The monoisotopic (exact) mass is 487 g/mol. The van der Waals surface area contributed by atoms with Crippen LogP contribution in [0.1, 0.15) is 24.8 Å². The van der Waals surface area contributed by atoms with Crippen molar-refractivity contribution in [3.8, 4) is 22.0 Å². The van der Waals surface area contributed by atoms with Crippen molar-refractivity contribution in [2.45, 2.75) is 31.4 Å². The summed E-state index contributed by atoms with van der Waals surface area (Å²) in [6.07, 6.45) is 6.39. The number of amides is 1. The van der Waals surface area contributed by atoms with Gasteiger partial charge in [0.15, 0.2) is 5.60 Å². The first-order valence-electron chi connectivity index (χ1n) is 11.7. The number of anilines is 2. The minimum absolute atomic E-state index is 0.269. The number of benzene rings is 1. The smallest absolute Gasteiger partial charge is 0.258 e. The molecule has 1 aliphatic heterocycles. The second-order valence-corrected chi connectivity index (χ2v) is 10.0. The fraction of sp³-hybridized carbons (Fsp3) is 0.320. The van der Waals surface area contributed by atoms with E-state index in [-0.39, 0.29) is 5.91 Å². The fourth-order valence-corrected chi connectivity index (χ4v) is 5.17. The normalized spacial score (nSPS) is 19.9. The molecular weight excluding hydrogens is 462 g/mol. The van der Waals surface area contributed by atoms with Crippen molar-refractivity contribution in [3.05, 3.63) is 59.7 Å². The Balaban J connectivity index is 1.24. The lowest BCUT2D eigenvalue weighted by molar-refractivity contribution is -0.143. The maximum atomic E-state index is 12.5. The SMILES string of the molecule is CN1CC[C@@](O)(c2cccc(-c3nc(-c4ccnc(Nc5ccnn5CC5CC5)n4)cs3)c2)C1=O. The van der Waals surface area contributed by atoms with Gasteiger partial charge in [0.1, 0.15) is 16.5 Å². The molecule has 4 heterocycles. The molecule has 2 fully saturated rings. The van der Waals surface area contributed by atoms with Gasteiger partial charge in [-0.15, -0.1) is 11.3 Å². The minimum atomic E-state index is -1.48. The quantitative estimate of drug-likeness (QED) is 0.409. The number of likely N-dealkylation sites (tertiary alicyclic amines) is 1. The molecule has 35 heavy (non-hydrogen) atoms. The number of hydrogen-bond acceptors (Lipinski definition) is 8. The summed E-state index contributed by atoms with van der Waals surface area (Å²) in [5.74, 6) is 1.80. The van der Waals surface area contributed by atoms with Gasteiger partial charge in [0.2, 0.25) is 5.95 Å². The van der Waals surface area contributed by atoms with Gasteiger partial charge in [0.25, 0.3) is 5.91 Å². The first-order valence-corrected chi connectivity index (χ1v) is 12.5. The predicted molar refractivity (Wildman–Crippen MR) is 133 cm³/mol. The molecule has 2 N–H and O–H groups in total. The van der Waals surface area contributed by atoms with Gasteiger partial charge < -0.3 is 15.3 Å². The molecule has 1 atom stereocenters. The molecule has 1 aromatic carbocycles. The topological polar surface area (TPSA) is 109 Å². The Morgan fingerprint density at radius 1 is 1.17 bits per heavy atom. The van der Waals surface area contributed by atoms with Gasteiger partial charge in [-0.1, -0.05) is 18.2 Å². The zero-order chi connectivity index (χ0) is 24.0. The maximum absolute atomic E-state index is 12.5. The minimum Gasteiger partial charge on any atom is -0.375 e. The van der Waals surface area contributed by atoms with Gasteiger partial charge in [-0.25, -0.2) is 19.6 Å². The van der Waals surface area contributed by atoms with E-state index in [4.69, 9.17) is 4.98 Å². The number of hydrogen-bond donors (Lipinski definition) is 2. The fourth-order valence-electron chi connectivity index (χ4n) is 4.36. The molecule has 1 saturated carbocycles. The molecule has 0 spiro atoms. The van der Waals surface area contributed by atoms with Crippen LogP contribution in [0, 0.1) is 5.92 Å². The second kappa shape index (κ2) is 8.54. The largest absolute Gasteiger partial charge is 0.375 e. The third-order valence-corrected chi connectivity index (χ3v) is 7.49. The zero-order valence-corrected chi connectivity index (χ0v) is 20.1. The Morgan fingerprint density at radius 3 is 2.86 bits per heavy atom. The van der Waals surface area contributed by atoms with Crippen LogP contribution in [0.4, 0.5) is 11.8 Å². The van der Waals surface area contributed by atoms with Crippen molar-refractivity contribution in [1.29, 1.82) is 0 Å². The van der Waals surface area contributed by atoms with E-state index in [2.05, 4.69) is 20.4 Å². The summed E-state index contributed by atoms with van der Waals surface area (Å²) in [6.45, 7) is 1.44. The van der Waals surface area contributed by atoms with Crippen molar-refractivity contribution in [3.63, 3.8) is 0 Å². The molecule has 0 radical (unpaired) electrons. The molecule has 2 aliphatic rings. The van der Waals surface area contributed by atoms with Crippen molar-refractivity contribution >= 4 is 29.0 Å². The number of nitrogens with one attached hydrogen (secondary N) is 1. The molecular formula is C25H25N7O2S. The Kier molecular flexibility index (Phi) is 5.34. The van der Waals surface area contributed by atoms with E-state index in [1.165, 1.54) is 24.2 Å². The number of rotatable bonds is 7. The Bertz CT molecular complexity index is 1400. The molecule has 6 rings (SSSR count). The lowest BCUT2D eigenvalue weighted by Gasteiger charge is -2.21. The average molecular weight is 488 g/mol. The van der Waals surface area contributed by atoms with Crippen LogP contribution >= 0.6 is 11.3 Å². The third-order valence-electron chi connectivity index (χ3n) is 6.60. The highest BCUT2D eigenvalue weighted by Crippen LogP contribution is 2.36. The summed E-state index contributed by atoms with van der Waals surface area (Å²) in [4.78, 5) is 27.9. The van der Waals surface area contributed by atoms with E-state index in [1.54, 1.807) is 30.4 Å². The van der Waals surface area contributed by atoms with E-state index in [1.807, 2.05) is 40.4 Å². The van der Waals surface area contributed by atoms with Crippen LogP contribution in [0.2, 0.25) is 0 Å². The Morgan fingerprint density at radius 2 is 2.06 bits per heavy atom. The first-order chi connectivity index (χ1) is 17.0. The molecule has 1 amide bonds. The van der Waals surface area contributed by atoms with Crippen molar-refractivity contribution in [1.82, 2.24) is 29.6 Å². The van der Waals surface area contributed by atoms with Gasteiger partial charge in [-0.05, 0) is 36.5 Å². The molecule has 0 unspecified atom stereocenters. The van der Waals surface area contributed by atoms with E-state index in [0.29, 0.717) is 36.1 Å². The van der Waals surface area contributed by atoms with Gasteiger partial charge >= 0.3 is 0 Å². The van der Waals surface area contributed by atoms with Gasteiger partial charge in [-0.2, -0.15) is 5.10 Å². The number of aliphatic hydroxyl groups is 1. The summed E-state index contributed by atoms with van der Waals surface area (Å²) < 4.78 is 1.96. The van der Waals surface area contributed by atoms with Crippen molar-refractivity contribution in [2.75, 3.05) is 18.9 Å². The van der Waals surface area contributed by atoms with E-state index in [0.717, 1.165) is 28.6 Å². The van der Waals surface area contributed by atoms with E-state index >= 15 is 0 Å². The van der Waals surface area contributed by atoms with Crippen LogP contribution in [-0.4, -0.2) is 54.2 Å². The summed E-state index contributed by atoms with van der Waals surface area (Å²) in [6, 6.07) is 11.2. The molecule has 178 valence electrons. The van der Waals surface area contributed by atoms with Gasteiger partial charge in [0, 0.05) is 49.8 Å². The highest BCUT2D eigenvalue weighted by atomic mass is 32.1. The highest BCUT2D eigenvalue weighted by Gasteiger charge is 2.45. The van der Waals surface area contributed by atoms with Crippen LogP contribution in [0.5, 0.6) is 0 Å². The number of aromatic nitrogens is 5. The van der Waals surface area contributed by atoms with Crippen LogP contribution in [-0.2, 0) is 16.9 Å². The summed E-state index contributed by atoms with van der Waals surface area (Å²) >= 11 is 1.49. The first kappa shape index (κ1) is 21.9. The number of thiazole rings is 1. The highest BCUT2D eigenvalue weighted by molar-refractivity contribution is 7.13. The zero-order valence-electron chi connectivity index (χ0n) is 19.3. The number of carbonyl (C=O) groups excluding carboxylic acids is 1. The molecule has 9 nitrogen and oxygen atoms in total. The Labute approximate surface area is 206 Å². The lowest BCUT2D eigenvalue weighted by Crippen LogP contribution is -2.36. The lowest BCUT2D eigenvalue weighted by atomic mass is 9.91. The third kappa shape index (κ3) is 4.19. The Hall–Kier alpha value is -3.63. The number of nitrogens with zero attached hydrogens (tertiary/aromatic N) is 6. The second-order valence-electron chi connectivity index (χ2n) is 9.19. The van der Waals surface area contributed by atoms with Crippen LogP contribution in [0.25, 0.3) is 22.0 Å². The molecule has 10 heteroatoms. The summed E-state index contributed by atoms with van der Waals surface area (Å²) in [5.41, 5.74) is 1.41. The standard InChI is InChI=1S/C25H25N7O2S/c1-31-12-9-25(34,23(31)33)18-4-2-3-17(13-18)22-28-20(15-35-22)19-7-10-26-24(29-19)30-21-8-11-27-32(21)14-16-5-6-16/h2-4,7-8,10-11,13,15-16,34H,5-6,9,12,14H2,1H3,(H,26,29,30)/t25-/m1/s1. The molecule has 1 saturated heterocycles. The van der Waals surface area contributed by atoms with Crippen LogP contribution < -0.4 is 5.32 Å². The van der Waals surface area contributed by atoms with E-state index in [9.17, 15) is 9.90 Å². The molecule has 1 aliphatic carbocycles. The summed E-state index contributed by atoms with van der Waals surface area (Å²) in [7, 11) is 1.71. The molecule has 4 aromatic rings. The summed E-state index contributed by atoms with van der Waals surface area (Å²) in [5, 5.41) is 21.5. The van der Waals surface area contributed by atoms with Crippen molar-refractivity contribution < 1.29 is 9.90 Å². The van der Waals surface area contributed by atoms with Crippen molar-refractivity contribution in [2.24, 2.45) is 5.92 Å². The molecule has 0 bridgehead atoms. The van der Waals surface area contributed by atoms with Crippen LogP contribution in [0.15, 0.2) is 54.2 Å². The molecule has 3 aromatic heterocycles. The van der Waals surface area contributed by atoms with Crippen LogP contribution in [0.3, 0.4) is 0 Å². The predicted octanol–water partition coefficient (Wildman–Crippen LogP) is 3.67.